The van der Waals surface area contributed by atoms with E-state index in [1.165, 1.54) is 70.6 Å². The Morgan fingerprint density at radius 1 is 0.556 bits per heavy atom. The number of hydrogen-bond donors (Lipinski definition) is 0. The van der Waals surface area contributed by atoms with Crippen molar-refractivity contribution in [2.45, 2.75) is 113 Å². The summed E-state index contributed by atoms with van der Waals surface area (Å²) in [6, 6.07) is 11.8. The van der Waals surface area contributed by atoms with E-state index in [1.807, 2.05) is 0 Å². The molecule has 0 heterocycles. The Balaban J connectivity index is 1.56. The van der Waals surface area contributed by atoms with Gasteiger partial charge in [0.05, 0.1) is 0 Å². The molecule has 0 bridgehead atoms. The third-order valence-electron chi connectivity index (χ3n) is 7.51. The van der Waals surface area contributed by atoms with Gasteiger partial charge in [-0.25, -0.2) is 0 Å². The molecule has 0 radical (unpaired) electrons. The molecule has 3 aliphatic carbocycles. The van der Waals surface area contributed by atoms with Crippen LogP contribution >= 0.6 is 15.8 Å². The molecule has 1 unspecified atom stereocenters. The van der Waals surface area contributed by atoms with Crippen molar-refractivity contribution in [3.8, 4) is 0 Å². The van der Waals surface area contributed by atoms with E-state index >= 15 is 0 Å². The maximum atomic E-state index is 2.50. The third kappa shape index (κ3) is 5.58. The fourth-order valence-corrected chi connectivity index (χ4v) is 15.4. The van der Waals surface area contributed by atoms with Crippen LogP contribution < -0.4 is 5.30 Å². The first kappa shape index (κ1) is 20.4. The molecule has 3 saturated carbocycles. The molecule has 1 atom stereocenters. The van der Waals surface area contributed by atoms with Gasteiger partial charge in [-0.05, 0) is 66.7 Å². The molecule has 0 aliphatic heterocycles. The standard InChI is InChI=1S/C25H40P2/c1-5-13-22(14-6-1)26(23-15-7-2-8-16-23)21-27(24-17-9-3-10-18-24)25-19-11-4-12-20-25/h1,5-6,13-14,23-25H,2-4,7-12,15-21H2. The predicted octanol–water partition coefficient (Wildman–Crippen LogP) is 8.23. The zero-order valence-electron chi connectivity index (χ0n) is 17.3. The first-order chi connectivity index (χ1) is 13.4. The fraction of sp³-hybridized carbons (Fsp3) is 0.760. The monoisotopic (exact) mass is 402 g/mol. The minimum Gasteiger partial charge on any atom is -0.0956 e. The molecule has 0 saturated heterocycles. The largest absolute Gasteiger partial charge is 0.0956 e. The van der Waals surface area contributed by atoms with Gasteiger partial charge in [-0.15, -0.1) is 0 Å². The molecule has 0 nitrogen and oxygen atoms in total. The van der Waals surface area contributed by atoms with Gasteiger partial charge in [0.15, 0.2) is 0 Å². The summed E-state index contributed by atoms with van der Waals surface area (Å²) in [5.74, 6) is 1.63. The van der Waals surface area contributed by atoms with Crippen LogP contribution in [0, 0.1) is 0 Å². The van der Waals surface area contributed by atoms with Crippen LogP contribution in [-0.2, 0) is 0 Å². The molecule has 3 fully saturated rings. The van der Waals surface area contributed by atoms with Gasteiger partial charge in [-0.2, -0.15) is 0 Å². The molecule has 150 valence electrons. The van der Waals surface area contributed by atoms with Crippen LogP contribution in [0.25, 0.3) is 0 Å². The Morgan fingerprint density at radius 3 is 1.48 bits per heavy atom. The van der Waals surface area contributed by atoms with Gasteiger partial charge in [-0.1, -0.05) is 104 Å². The molecule has 0 aromatic heterocycles. The summed E-state index contributed by atoms with van der Waals surface area (Å²) in [5.41, 5.74) is 3.27. The second kappa shape index (κ2) is 10.7. The van der Waals surface area contributed by atoms with Crippen LogP contribution in [0.5, 0.6) is 0 Å². The SMILES string of the molecule is c1ccc(P(CP(C2CCCCC2)C2CCCCC2)C2CCCCC2)cc1. The van der Waals surface area contributed by atoms with Gasteiger partial charge >= 0.3 is 0 Å². The highest BCUT2D eigenvalue weighted by atomic mass is 31.2. The Labute approximate surface area is 170 Å². The van der Waals surface area contributed by atoms with Gasteiger partial charge < -0.3 is 0 Å². The van der Waals surface area contributed by atoms with Crippen LogP contribution in [-0.4, -0.2) is 22.9 Å². The lowest BCUT2D eigenvalue weighted by molar-refractivity contribution is 0.485. The number of hydrogen-bond acceptors (Lipinski definition) is 0. The fourth-order valence-electron chi connectivity index (χ4n) is 5.95. The Hall–Kier alpha value is 0.0800. The summed E-state index contributed by atoms with van der Waals surface area (Å²) in [6.07, 6.45) is 23.0. The van der Waals surface area contributed by atoms with Crippen molar-refractivity contribution in [3.05, 3.63) is 30.3 Å². The molecule has 0 spiro atoms. The van der Waals surface area contributed by atoms with Crippen LogP contribution in [0.4, 0.5) is 0 Å². The smallest absolute Gasteiger partial charge is 0.00727 e. The number of rotatable bonds is 6. The quantitative estimate of drug-likeness (QED) is 0.420. The summed E-state index contributed by atoms with van der Waals surface area (Å²) in [5, 5.41) is 1.75. The van der Waals surface area contributed by atoms with E-state index in [4.69, 9.17) is 0 Å². The van der Waals surface area contributed by atoms with Crippen molar-refractivity contribution in [2.24, 2.45) is 0 Å². The summed E-state index contributed by atoms with van der Waals surface area (Å²) >= 11 is 0. The Bertz CT molecular complexity index is 507. The first-order valence-electron chi connectivity index (χ1n) is 12.0. The van der Waals surface area contributed by atoms with E-state index in [2.05, 4.69) is 30.3 Å². The molecule has 27 heavy (non-hydrogen) atoms. The van der Waals surface area contributed by atoms with E-state index < -0.39 is 0 Å². The van der Waals surface area contributed by atoms with Crippen molar-refractivity contribution in [1.82, 2.24) is 0 Å². The third-order valence-corrected chi connectivity index (χ3v) is 15.3. The molecular formula is C25H40P2. The van der Waals surface area contributed by atoms with Crippen LogP contribution in [0.2, 0.25) is 0 Å². The average Bonchev–Trinajstić information content (AvgIpc) is 2.77. The van der Waals surface area contributed by atoms with Crippen molar-refractivity contribution < 1.29 is 0 Å². The summed E-state index contributed by atoms with van der Waals surface area (Å²) in [4.78, 5) is 0. The maximum Gasteiger partial charge on any atom is -0.00727 e. The molecule has 0 N–H and O–H groups in total. The Kier molecular flexibility index (Phi) is 8.10. The minimum atomic E-state index is 0.0659. The van der Waals surface area contributed by atoms with Crippen LogP contribution in [0.15, 0.2) is 30.3 Å². The van der Waals surface area contributed by atoms with E-state index in [0.717, 1.165) is 17.0 Å². The molecular weight excluding hydrogens is 362 g/mol. The predicted molar refractivity (Wildman–Crippen MR) is 125 cm³/mol. The second-order valence-corrected chi connectivity index (χ2v) is 15.1. The van der Waals surface area contributed by atoms with Gasteiger partial charge in [-0.3, -0.25) is 0 Å². The van der Waals surface area contributed by atoms with Crippen LogP contribution in [0.3, 0.4) is 0 Å². The summed E-state index contributed by atoms with van der Waals surface area (Å²) in [7, 11) is 0.310. The van der Waals surface area contributed by atoms with Crippen LogP contribution in [0.1, 0.15) is 96.3 Å². The zero-order chi connectivity index (χ0) is 18.3. The van der Waals surface area contributed by atoms with E-state index in [1.54, 1.807) is 36.9 Å². The minimum absolute atomic E-state index is 0.0659. The topological polar surface area (TPSA) is 0 Å². The van der Waals surface area contributed by atoms with E-state index in [-0.39, 0.29) is 15.8 Å². The molecule has 0 amide bonds. The van der Waals surface area contributed by atoms with Gasteiger partial charge in [0.25, 0.3) is 0 Å². The lowest BCUT2D eigenvalue weighted by Gasteiger charge is -2.42. The van der Waals surface area contributed by atoms with Crippen molar-refractivity contribution >= 4 is 21.1 Å². The zero-order valence-corrected chi connectivity index (χ0v) is 19.1. The average molecular weight is 403 g/mol. The van der Waals surface area contributed by atoms with Crippen molar-refractivity contribution in [2.75, 3.05) is 5.90 Å². The van der Waals surface area contributed by atoms with Gasteiger partial charge in [0, 0.05) is 0 Å². The number of benzene rings is 1. The van der Waals surface area contributed by atoms with E-state index in [0.29, 0.717) is 0 Å². The van der Waals surface area contributed by atoms with Crippen molar-refractivity contribution in [1.29, 1.82) is 0 Å². The van der Waals surface area contributed by atoms with Gasteiger partial charge in [0.2, 0.25) is 0 Å². The highest BCUT2D eigenvalue weighted by Gasteiger charge is 2.35. The first-order valence-corrected chi connectivity index (χ1v) is 15.3. The summed E-state index contributed by atoms with van der Waals surface area (Å²) in [6.45, 7) is 0. The molecule has 3 aliphatic rings. The van der Waals surface area contributed by atoms with E-state index in [9.17, 15) is 0 Å². The normalized spacial score (nSPS) is 24.9. The highest BCUT2D eigenvalue weighted by Crippen LogP contribution is 2.64. The maximum absolute atomic E-state index is 2.50. The lowest BCUT2D eigenvalue weighted by atomic mass is 9.99. The van der Waals surface area contributed by atoms with Crippen molar-refractivity contribution in [3.63, 3.8) is 0 Å². The highest BCUT2D eigenvalue weighted by molar-refractivity contribution is 7.79. The lowest BCUT2D eigenvalue weighted by Crippen LogP contribution is -2.25. The molecule has 4 rings (SSSR count). The Morgan fingerprint density at radius 2 is 1.00 bits per heavy atom. The molecule has 2 heteroatoms. The van der Waals surface area contributed by atoms with Gasteiger partial charge in [0.1, 0.15) is 0 Å². The second-order valence-electron chi connectivity index (χ2n) is 9.34. The molecule has 1 aromatic carbocycles. The summed E-state index contributed by atoms with van der Waals surface area (Å²) < 4.78 is 0. The molecule has 1 aromatic rings.